The van der Waals surface area contributed by atoms with Crippen LogP contribution in [-0.4, -0.2) is 67.6 Å². The second kappa shape index (κ2) is 6.26. The number of aryl methyl sites for hydroxylation is 2. The van der Waals surface area contributed by atoms with E-state index in [1.807, 2.05) is 0 Å². The highest BCUT2D eigenvalue weighted by Crippen LogP contribution is 2.23. The Bertz CT molecular complexity index is 720. The molecule has 1 fully saturated rings. The highest BCUT2D eigenvalue weighted by atomic mass is 32.2. The summed E-state index contributed by atoms with van der Waals surface area (Å²) in [6, 6.07) is 0. The van der Waals surface area contributed by atoms with Gasteiger partial charge < -0.3 is 0 Å². The number of H-pyrrole nitrogens is 1. The molecule has 0 aliphatic carbocycles. The lowest BCUT2D eigenvalue weighted by atomic mass is 10.4. The quantitative estimate of drug-likeness (QED) is 0.828. The highest BCUT2D eigenvalue weighted by Gasteiger charge is 2.32. The van der Waals surface area contributed by atoms with E-state index >= 15 is 0 Å². The van der Waals surface area contributed by atoms with E-state index in [2.05, 4.69) is 10.2 Å². The minimum Gasteiger partial charge on any atom is -0.281 e. The molecule has 1 aliphatic rings. The molecule has 0 bridgehead atoms. The molecule has 0 amide bonds. The van der Waals surface area contributed by atoms with Gasteiger partial charge in [-0.15, -0.1) is 0 Å². The number of aromatic nitrogens is 2. The molecular formula is C12H22N4O4S2. The molecule has 2 heterocycles. The molecule has 0 saturated carbocycles. The van der Waals surface area contributed by atoms with Crippen LogP contribution in [0.4, 0.5) is 0 Å². The topological polar surface area (TPSA) is 103 Å². The average molecular weight is 350 g/mol. The van der Waals surface area contributed by atoms with Crippen molar-refractivity contribution in [3.05, 3.63) is 11.4 Å². The molecule has 1 aromatic heterocycles. The first-order valence-electron chi connectivity index (χ1n) is 7.19. The normalized spacial score (nSPS) is 19.2. The van der Waals surface area contributed by atoms with Crippen molar-refractivity contribution >= 4 is 20.0 Å². The van der Waals surface area contributed by atoms with E-state index in [4.69, 9.17) is 0 Å². The minimum atomic E-state index is -3.66. The summed E-state index contributed by atoms with van der Waals surface area (Å²) >= 11 is 0. The molecule has 8 nitrogen and oxygen atoms in total. The monoisotopic (exact) mass is 350 g/mol. The molecule has 0 radical (unpaired) electrons. The van der Waals surface area contributed by atoms with Crippen molar-refractivity contribution in [1.29, 1.82) is 0 Å². The molecule has 1 aliphatic heterocycles. The second-order valence-corrected chi connectivity index (χ2v) is 9.45. The van der Waals surface area contributed by atoms with E-state index in [-0.39, 0.29) is 23.7 Å². The zero-order chi connectivity index (χ0) is 16.5. The molecule has 0 aromatic carbocycles. The fourth-order valence-corrected chi connectivity index (χ4v) is 5.55. The van der Waals surface area contributed by atoms with E-state index in [1.54, 1.807) is 20.8 Å². The number of hydrogen-bond donors (Lipinski definition) is 1. The van der Waals surface area contributed by atoms with Crippen LogP contribution in [0, 0.1) is 13.8 Å². The lowest BCUT2D eigenvalue weighted by molar-refractivity contribution is 0.404. The van der Waals surface area contributed by atoms with Crippen molar-refractivity contribution in [2.45, 2.75) is 32.1 Å². The molecule has 22 heavy (non-hydrogen) atoms. The van der Waals surface area contributed by atoms with Gasteiger partial charge in [-0.25, -0.2) is 21.1 Å². The Morgan fingerprint density at radius 1 is 1.05 bits per heavy atom. The van der Waals surface area contributed by atoms with E-state index < -0.39 is 20.0 Å². The Balaban J connectivity index is 2.25. The summed E-state index contributed by atoms with van der Waals surface area (Å²) in [6.07, 6.45) is 0.481. The summed E-state index contributed by atoms with van der Waals surface area (Å²) < 4.78 is 52.1. The van der Waals surface area contributed by atoms with Crippen LogP contribution in [-0.2, 0) is 20.0 Å². The van der Waals surface area contributed by atoms with Crippen LogP contribution in [0.15, 0.2) is 4.90 Å². The molecule has 10 heteroatoms. The lowest BCUT2D eigenvalue weighted by Gasteiger charge is -2.21. The number of rotatable bonds is 4. The molecule has 0 spiro atoms. The highest BCUT2D eigenvalue weighted by molar-refractivity contribution is 7.89. The molecule has 2 rings (SSSR count). The van der Waals surface area contributed by atoms with Gasteiger partial charge in [-0.05, 0) is 27.2 Å². The van der Waals surface area contributed by atoms with Gasteiger partial charge in [0.1, 0.15) is 4.90 Å². The SMILES string of the molecule is CCS(=O)(=O)N1CCCN(S(=O)(=O)c2c(C)n[nH]c2C)CC1. The number of hydrogen-bond acceptors (Lipinski definition) is 5. The van der Waals surface area contributed by atoms with Gasteiger partial charge in [-0.1, -0.05) is 0 Å². The summed E-state index contributed by atoms with van der Waals surface area (Å²) in [7, 11) is -6.95. The maximum Gasteiger partial charge on any atom is 0.246 e. The lowest BCUT2D eigenvalue weighted by Crippen LogP contribution is -2.38. The molecule has 0 unspecified atom stereocenters. The standard InChI is InChI=1S/C12H22N4O4S2/c1-4-21(17,18)15-6-5-7-16(9-8-15)22(19,20)12-10(2)13-14-11(12)3/h4-9H2,1-3H3,(H,13,14). The third kappa shape index (κ3) is 3.19. The smallest absolute Gasteiger partial charge is 0.246 e. The second-order valence-electron chi connectivity index (χ2n) is 5.32. The predicted octanol–water partition coefficient (Wildman–Crippen LogP) is 0.0726. The van der Waals surface area contributed by atoms with Crippen LogP contribution in [0.25, 0.3) is 0 Å². The Morgan fingerprint density at radius 3 is 2.18 bits per heavy atom. The number of nitrogens with one attached hydrogen (secondary N) is 1. The Labute approximate surface area is 131 Å². The van der Waals surface area contributed by atoms with Gasteiger partial charge in [0.2, 0.25) is 20.0 Å². The predicted molar refractivity (Wildman–Crippen MR) is 82.5 cm³/mol. The van der Waals surface area contributed by atoms with Crippen LogP contribution in [0.2, 0.25) is 0 Å². The van der Waals surface area contributed by atoms with Crippen molar-refractivity contribution in [1.82, 2.24) is 18.8 Å². The Hall–Kier alpha value is -0.970. The third-order valence-electron chi connectivity index (χ3n) is 3.83. The average Bonchev–Trinajstić information content (AvgIpc) is 2.68. The number of sulfonamides is 2. The van der Waals surface area contributed by atoms with Gasteiger partial charge in [-0.2, -0.15) is 9.40 Å². The zero-order valence-electron chi connectivity index (χ0n) is 13.0. The first-order valence-corrected chi connectivity index (χ1v) is 10.2. The molecule has 1 saturated heterocycles. The molecular weight excluding hydrogens is 328 g/mol. The largest absolute Gasteiger partial charge is 0.281 e. The van der Waals surface area contributed by atoms with Crippen LogP contribution in [0.5, 0.6) is 0 Å². The summed E-state index contributed by atoms with van der Waals surface area (Å²) in [5.41, 5.74) is 0.930. The summed E-state index contributed by atoms with van der Waals surface area (Å²) in [4.78, 5) is 0.194. The van der Waals surface area contributed by atoms with Gasteiger partial charge in [0.25, 0.3) is 0 Å². The fraction of sp³-hybridized carbons (Fsp3) is 0.750. The summed E-state index contributed by atoms with van der Waals surface area (Å²) in [6.45, 7) is 5.90. The Morgan fingerprint density at radius 2 is 1.64 bits per heavy atom. The van der Waals surface area contributed by atoms with Crippen molar-refractivity contribution in [2.75, 3.05) is 31.9 Å². The van der Waals surface area contributed by atoms with Crippen LogP contribution in [0.3, 0.4) is 0 Å². The maximum atomic E-state index is 12.8. The molecule has 1 N–H and O–H groups in total. The molecule has 126 valence electrons. The first-order chi connectivity index (χ1) is 10.2. The van der Waals surface area contributed by atoms with Gasteiger partial charge in [0.05, 0.1) is 17.1 Å². The first kappa shape index (κ1) is 17.4. The van der Waals surface area contributed by atoms with E-state index in [1.165, 1.54) is 8.61 Å². The van der Waals surface area contributed by atoms with Crippen molar-refractivity contribution in [2.24, 2.45) is 0 Å². The van der Waals surface area contributed by atoms with Gasteiger partial charge in [0.15, 0.2) is 0 Å². The Kier molecular flexibility index (Phi) is 4.95. The van der Waals surface area contributed by atoms with Gasteiger partial charge >= 0.3 is 0 Å². The number of nitrogens with zero attached hydrogens (tertiary/aromatic N) is 3. The molecule has 0 atom stereocenters. The molecule has 1 aromatic rings. The summed E-state index contributed by atoms with van der Waals surface area (Å²) in [5, 5.41) is 6.61. The zero-order valence-corrected chi connectivity index (χ0v) is 14.7. The maximum absolute atomic E-state index is 12.8. The number of aromatic amines is 1. The van der Waals surface area contributed by atoms with Gasteiger partial charge in [-0.3, -0.25) is 5.10 Å². The van der Waals surface area contributed by atoms with Crippen molar-refractivity contribution in [3.63, 3.8) is 0 Å². The van der Waals surface area contributed by atoms with E-state index in [9.17, 15) is 16.8 Å². The van der Waals surface area contributed by atoms with E-state index in [0.717, 1.165) is 0 Å². The van der Waals surface area contributed by atoms with Crippen molar-refractivity contribution < 1.29 is 16.8 Å². The minimum absolute atomic E-state index is 0.0275. The van der Waals surface area contributed by atoms with Crippen LogP contribution in [0.1, 0.15) is 24.7 Å². The van der Waals surface area contributed by atoms with Gasteiger partial charge in [0, 0.05) is 26.2 Å². The fourth-order valence-electron chi connectivity index (χ4n) is 2.62. The van der Waals surface area contributed by atoms with Crippen LogP contribution >= 0.6 is 0 Å². The summed E-state index contributed by atoms with van der Waals surface area (Å²) in [5.74, 6) is 0.0275. The van der Waals surface area contributed by atoms with Crippen molar-refractivity contribution in [3.8, 4) is 0 Å². The third-order valence-corrected chi connectivity index (χ3v) is 7.87. The van der Waals surface area contributed by atoms with Crippen LogP contribution < -0.4 is 0 Å². The van der Waals surface area contributed by atoms with E-state index in [0.29, 0.717) is 30.9 Å².